The van der Waals surface area contributed by atoms with Crippen LogP contribution in [0.5, 0.6) is 0 Å². The van der Waals surface area contributed by atoms with Crippen molar-refractivity contribution in [1.29, 1.82) is 0 Å². The third-order valence-corrected chi connectivity index (χ3v) is 6.33. The Balaban J connectivity index is 0.00000150. The van der Waals surface area contributed by atoms with Crippen molar-refractivity contribution in [3.8, 4) is 11.3 Å². The topological polar surface area (TPSA) is 160 Å². The van der Waals surface area contributed by atoms with E-state index in [1.165, 1.54) is 11.9 Å². The van der Waals surface area contributed by atoms with E-state index >= 15 is 0 Å². The summed E-state index contributed by atoms with van der Waals surface area (Å²) < 4.78 is 1.99. The number of nitrogens with zero attached hydrogens (tertiary/aromatic N) is 2. The van der Waals surface area contributed by atoms with E-state index in [9.17, 15) is 9.90 Å². The van der Waals surface area contributed by atoms with Gasteiger partial charge in [0.05, 0.1) is 22.5 Å². The van der Waals surface area contributed by atoms with Crippen molar-refractivity contribution in [2.24, 2.45) is 5.14 Å². The number of hydrogen-bond donors (Lipinski definition) is 3. The Morgan fingerprint density at radius 3 is 2.48 bits per heavy atom. The van der Waals surface area contributed by atoms with Gasteiger partial charge in [-0.3, -0.25) is 14.6 Å². The molecule has 2 aromatic heterocycles. The molecule has 3 aromatic rings. The SMILES string of the molecule is CCC1(O)CCC(n2nc(-c3ccc(SN)cc3)c3c(=O)[nH]ccc32)CC1.O.O. The van der Waals surface area contributed by atoms with Gasteiger partial charge in [-0.1, -0.05) is 19.1 Å². The van der Waals surface area contributed by atoms with Gasteiger partial charge in [0.1, 0.15) is 5.69 Å². The lowest BCUT2D eigenvalue weighted by Gasteiger charge is -2.35. The standard InChI is InChI=1S/C20H24N4O2S.2H2O/c1-2-20(26)10-7-14(8-11-20)24-16-9-12-22-19(25)17(16)18(23-24)13-3-5-15(27-21)6-4-13;;/h3-6,9,12,14,26H,2,7-8,10-11,21H2,1H3,(H,22,25);2*1H2. The molecule has 0 bridgehead atoms. The molecule has 29 heavy (non-hydrogen) atoms. The molecule has 1 aliphatic rings. The molecule has 0 atom stereocenters. The lowest BCUT2D eigenvalue weighted by Crippen LogP contribution is -2.34. The van der Waals surface area contributed by atoms with Crippen molar-refractivity contribution in [1.82, 2.24) is 14.8 Å². The fraction of sp³-hybridized carbons (Fsp3) is 0.400. The summed E-state index contributed by atoms with van der Waals surface area (Å²) in [5, 5.41) is 21.6. The quantitative estimate of drug-likeness (QED) is 0.549. The minimum Gasteiger partial charge on any atom is -0.412 e. The third-order valence-electron chi connectivity index (χ3n) is 5.78. The fourth-order valence-corrected chi connectivity index (χ4v) is 4.30. The molecule has 8 nitrogen and oxygen atoms in total. The predicted octanol–water partition coefficient (Wildman–Crippen LogP) is 1.96. The number of nitrogens with two attached hydrogens (primary N) is 1. The maximum Gasteiger partial charge on any atom is 0.259 e. The van der Waals surface area contributed by atoms with E-state index < -0.39 is 5.60 Å². The van der Waals surface area contributed by atoms with Crippen molar-refractivity contribution in [3.63, 3.8) is 0 Å². The van der Waals surface area contributed by atoms with Crippen LogP contribution in [-0.2, 0) is 0 Å². The summed E-state index contributed by atoms with van der Waals surface area (Å²) in [5.74, 6) is 0. The molecule has 0 radical (unpaired) electrons. The minimum atomic E-state index is -0.560. The second-order valence-electron chi connectivity index (χ2n) is 7.31. The van der Waals surface area contributed by atoms with Crippen LogP contribution in [0, 0.1) is 0 Å². The number of hydrogen-bond acceptors (Lipinski definition) is 5. The molecular formula is C20H28N4O4S. The summed E-state index contributed by atoms with van der Waals surface area (Å²) >= 11 is 1.19. The van der Waals surface area contributed by atoms with E-state index in [0.717, 1.165) is 48.1 Å². The summed E-state index contributed by atoms with van der Waals surface area (Å²) in [7, 11) is 0. The second kappa shape index (κ2) is 9.10. The number of rotatable bonds is 4. The van der Waals surface area contributed by atoms with Crippen LogP contribution in [0.4, 0.5) is 0 Å². The van der Waals surface area contributed by atoms with Gasteiger partial charge in [-0.2, -0.15) is 5.10 Å². The van der Waals surface area contributed by atoms with Gasteiger partial charge in [0.15, 0.2) is 0 Å². The van der Waals surface area contributed by atoms with Gasteiger partial charge in [0, 0.05) is 16.7 Å². The normalized spacial score (nSPS) is 21.4. The number of benzene rings is 1. The van der Waals surface area contributed by atoms with Gasteiger partial charge in [-0.05, 0) is 62.3 Å². The first-order valence-corrected chi connectivity index (χ1v) is 10.2. The van der Waals surface area contributed by atoms with Gasteiger partial charge in [0.2, 0.25) is 0 Å². The Kier molecular flexibility index (Phi) is 7.25. The van der Waals surface area contributed by atoms with Crippen LogP contribution >= 0.6 is 11.9 Å². The summed E-state index contributed by atoms with van der Waals surface area (Å²) in [6, 6.07) is 9.87. The van der Waals surface area contributed by atoms with Gasteiger partial charge in [0.25, 0.3) is 5.56 Å². The number of pyridine rings is 1. The van der Waals surface area contributed by atoms with Crippen molar-refractivity contribution in [2.75, 3.05) is 0 Å². The molecule has 4 rings (SSSR count). The van der Waals surface area contributed by atoms with Gasteiger partial charge in [-0.15, -0.1) is 0 Å². The number of fused-ring (bicyclic) bond motifs is 1. The molecule has 8 N–H and O–H groups in total. The number of aromatic nitrogens is 3. The van der Waals surface area contributed by atoms with Crippen molar-refractivity contribution in [3.05, 3.63) is 46.9 Å². The maximum absolute atomic E-state index is 12.6. The molecule has 0 aliphatic heterocycles. The summed E-state index contributed by atoms with van der Waals surface area (Å²) in [5.41, 5.74) is 1.74. The highest BCUT2D eigenvalue weighted by atomic mass is 32.2. The number of nitrogens with one attached hydrogen (secondary N) is 1. The molecule has 1 aliphatic carbocycles. The average Bonchev–Trinajstić information content (AvgIpc) is 3.10. The monoisotopic (exact) mass is 420 g/mol. The van der Waals surface area contributed by atoms with E-state index in [1.54, 1.807) is 6.20 Å². The van der Waals surface area contributed by atoms with Gasteiger partial charge >= 0.3 is 0 Å². The van der Waals surface area contributed by atoms with Crippen LogP contribution < -0.4 is 10.7 Å². The van der Waals surface area contributed by atoms with Crippen molar-refractivity contribution < 1.29 is 16.1 Å². The molecule has 0 unspecified atom stereocenters. The zero-order chi connectivity index (χ0) is 19.0. The van der Waals surface area contributed by atoms with Crippen molar-refractivity contribution >= 4 is 22.9 Å². The van der Waals surface area contributed by atoms with E-state index in [4.69, 9.17) is 10.2 Å². The Labute approximate surface area is 172 Å². The number of H-pyrrole nitrogens is 1. The molecule has 1 saturated carbocycles. The minimum absolute atomic E-state index is 0. The van der Waals surface area contributed by atoms with E-state index in [0.29, 0.717) is 11.1 Å². The molecule has 9 heteroatoms. The Morgan fingerprint density at radius 2 is 1.90 bits per heavy atom. The Bertz CT molecular complexity index is 1010. The third kappa shape index (κ3) is 4.24. The molecule has 1 fully saturated rings. The van der Waals surface area contributed by atoms with Crippen LogP contribution in [-0.4, -0.2) is 36.4 Å². The summed E-state index contributed by atoms with van der Waals surface area (Å²) in [6.07, 6.45) is 5.68. The average molecular weight is 421 g/mol. The predicted molar refractivity (Wildman–Crippen MR) is 116 cm³/mol. The largest absolute Gasteiger partial charge is 0.412 e. The van der Waals surface area contributed by atoms with Crippen LogP contribution in [0.3, 0.4) is 0 Å². The van der Waals surface area contributed by atoms with E-state index in [2.05, 4.69) is 4.98 Å². The van der Waals surface area contributed by atoms with Crippen LogP contribution in [0.1, 0.15) is 45.1 Å². The number of aromatic amines is 1. The first kappa shape index (κ1) is 23.1. The molecule has 0 spiro atoms. The Hall–Kier alpha value is -2.17. The van der Waals surface area contributed by atoms with Crippen molar-refractivity contribution in [2.45, 2.75) is 55.6 Å². The molecular weight excluding hydrogens is 392 g/mol. The van der Waals surface area contributed by atoms with Gasteiger partial charge in [-0.25, -0.2) is 0 Å². The maximum atomic E-state index is 12.6. The van der Waals surface area contributed by atoms with E-state index in [1.807, 2.05) is 41.9 Å². The fourth-order valence-electron chi connectivity index (χ4n) is 4.01. The zero-order valence-corrected chi connectivity index (χ0v) is 17.1. The second-order valence-corrected chi connectivity index (χ2v) is 8.02. The highest BCUT2D eigenvalue weighted by Gasteiger charge is 2.33. The summed E-state index contributed by atoms with van der Waals surface area (Å²) in [4.78, 5) is 16.3. The van der Waals surface area contributed by atoms with Crippen LogP contribution in [0.15, 0.2) is 46.2 Å². The molecule has 1 aromatic carbocycles. The van der Waals surface area contributed by atoms with Crippen LogP contribution in [0.2, 0.25) is 0 Å². The highest BCUT2D eigenvalue weighted by molar-refractivity contribution is 7.97. The first-order chi connectivity index (χ1) is 13.0. The Morgan fingerprint density at radius 1 is 1.24 bits per heavy atom. The zero-order valence-electron chi connectivity index (χ0n) is 16.3. The molecule has 2 heterocycles. The smallest absolute Gasteiger partial charge is 0.259 e. The summed E-state index contributed by atoms with van der Waals surface area (Å²) in [6.45, 7) is 2.03. The molecule has 0 amide bonds. The van der Waals surface area contributed by atoms with E-state index in [-0.39, 0.29) is 22.6 Å². The van der Waals surface area contributed by atoms with Gasteiger partial charge < -0.3 is 21.0 Å². The van der Waals surface area contributed by atoms with Crippen LogP contribution in [0.25, 0.3) is 22.2 Å². The number of aliphatic hydroxyl groups is 1. The first-order valence-electron chi connectivity index (χ1n) is 9.34. The highest BCUT2D eigenvalue weighted by Crippen LogP contribution is 2.38. The molecule has 158 valence electrons. The lowest BCUT2D eigenvalue weighted by atomic mass is 9.80. The lowest BCUT2D eigenvalue weighted by molar-refractivity contribution is -0.0114. The molecule has 0 saturated heterocycles.